The summed E-state index contributed by atoms with van der Waals surface area (Å²) in [5.41, 5.74) is 0.245. The van der Waals surface area contributed by atoms with Crippen LogP contribution in [0, 0.1) is 5.92 Å². The van der Waals surface area contributed by atoms with E-state index in [9.17, 15) is 18.0 Å². The van der Waals surface area contributed by atoms with E-state index in [1.165, 1.54) is 24.3 Å². The molecule has 0 aliphatic heterocycles. The predicted octanol–water partition coefficient (Wildman–Crippen LogP) is 1.46. The minimum Gasteiger partial charge on any atom is -0.480 e. The second-order valence-electron chi connectivity index (χ2n) is 5.74. The molecule has 0 saturated heterocycles. The smallest absolute Gasteiger partial charge is 0.326 e. The van der Waals surface area contributed by atoms with Crippen molar-refractivity contribution in [3.05, 3.63) is 29.8 Å². The first-order valence-corrected chi connectivity index (χ1v) is 8.65. The van der Waals surface area contributed by atoms with Gasteiger partial charge in [-0.25, -0.2) is 13.2 Å². The standard InChI is InChI=1S/C15H19NO5S/c1-9(2)22(20,21)12-7-5-11(6-8-12)14(17)16-13(15(18)19)10-3-4-10/h5-10,13H,3-4H2,1-2H3,(H,16,17)(H,18,19). The maximum Gasteiger partial charge on any atom is 0.326 e. The highest BCUT2D eigenvalue weighted by Gasteiger charge is 2.37. The molecule has 1 aliphatic rings. The summed E-state index contributed by atoms with van der Waals surface area (Å²) >= 11 is 0. The summed E-state index contributed by atoms with van der Waals surface area (Å²) in [4.78, 5) is 23.3. The van der Waals surface area contributed by atoms with Gasteiger partial charge in [0.1, 0.15) is 6.04 Å². The van der Waals surface area contributed by atoms with Crippen LogP contribution in [0.4, 0.5) is 0 Å². The highest BCUT2D eigenvalue weighted by molar-refractivity contribution is 7.92. The van der Waals surface area contributed by atoms with Crippen LogP contribution in [-0.2, 0) is 14.6 Å². The third kappa shape index (κ3) is 3.47. The monoisotopic (exact) mass is 325 g/mol. The van der Waals surface area contributed by atoms with Crippen molar-refractivity contribution in [2.75, 3.05) is 0 Å². The van der Waals surface area contributed by atoms with Gasteiger partial charge in [-0.3, -0.25) is 4.79 Å². The quantitative estimate of drug-likeness (QED) is 0.824. The van der Waals surface area contributed by atoms with Crippen molar-refractivity contribution < 1.29 is 23.1 Å². The van der Waals surface area contributed by atoms with E-state index in [0.29, 0.717) is 0 Å². The van der Waals surface area contributed by atoms with Crippen molar-refractivity contribution in [1.82, 2.24) is 5.32 Å². The van der Waals surface area contributed by atoms with Crippen LogP contribution >= 0.6 is 0 Å². The van der Waals surface area contributed by atoms with Crippen LogP contribution in [0.3, 0.4) is 0 Å². The molecule has 1 aromatic rings. The van der Waals surface area contributed by atoms with Crippen LogP contribution in [0.1, 0.15) is 37.0 Å². The lowest BCUT2D eigenvalue weighted by molar-refractivity contribution is -0.139. The molecule has 6 nitrogen and oxygen atoms in total. The summed E-state index contributed by atoms with van der Waals surface area (Å²) in [5.74, 6) is -1.57. The number of amides is 1. The first kappa shape index (κ1) is 16.5. The Morgan fingerprint density at radius 2 is 1.73 bits per heavy atom. The Morgan fingerprint density at radius 1 is 1.18 bits per heavy atom. The van der Waals surface area contributed by atoms with Gasteiger partial charge in [0, 0.05) is 5.56 Å². The molecule has 1 aromatic carbocycles. The fourth-order valence-corrected chi connectivity index (χ4v) is 3.16. The SMILES string of the molecule is CC(C)S(=O)(=O)c1ccc(C(=O)NC(C(=O)O)C2CC2)cc1. The highest BCUT2D eigenvalue weighted by atomic mass is 32.2. The van der Waals surface area contributed by atoms with Gasteiger partial charge in [-0.05, 0) is 56.9 Å². The number of hydrogen-bond acceptors (Lipinski definition) is 4. The molecule has 7 heteroatoms. The number of hydrogen-bond donors (Lipinski definition) is 2. The number of carbonyl (C=O) groups is 2. The molecule has 2 N–H and O–H groups in total. The molecule has 1 atom stereocenters. The Kier molecular flexibility index (Phi) is 4.55. The number of carboxylic acids is 1. The Hall–Kier alpha value is -1.89. The van der Waals surface area contributed by atoms with Crippen molar-refractivity contribution in [2.24, 2.45) is 5.92 Å². The van der Waals surface area contributed by atoms with Gasteiger partial charge in [0.05, 0.1) is 10.1 Å². The summed E-state index contributed by atoms with van der Waals surface area (Å²) in [6, 6.07) is 4.66. The average Bonchev–Trinajstić information content (AvgIpc) is 3.28. The second-order valence-corrected chi connectivity index (χ2v) is 8.25. The molecular weight excluding hydrogens is 306 g/mol. The second kappa shape index (κ2) is 6.08. The lowest BCUT2D eigenvalue weighted by atomic mass is 10.1. The number of rotatable bonds is 6. The number of sulfone groups is 1. The van der Waals surface area contributed by atoms with Crippen LogP contribution in [0.15, 0.2) is 29.2 Å². The molecule has 0 aromatic heterocycles. The topological polar surface area (TPSA) is 101 Å². The highest BCUT2D eigenvalue weighted by Crippen LogP contribution is 2.32. The molecule has 0 radical (unpaired) electrons. The number of carbonyl (C=O) groups excluding carboxylic acids is 1. The predicted molar refractivity (Wildman–Crippen MR) is 80.4 cm³/mol. The Labute approximate surface area is 129 Å². The molecule has 1 unspecified atom stereocenters. The average molecular weight is 325 g/mol. The molecule has 120 valence electrons. The molecule has 1 amide bonds. The van der Waals surface area contributed by atoms with Crippen LogP contribution in [0.2, 0.25) is 0 Å². The zero-order chi connectivity index (χ0) is 16.5. The van der Waals surface area contributed by atoms with Gasteiger partial charge in [-0.15, -0.1) is 0 Å². The van der Waals surface area contributed by atoms with E-state index in [-0.39, 0.29) is 16.4 Å². The van der Waals surface area contributed by atoms with E-state index in [1.807, 2.05) is 0 Å². The maximum absolute atomic E-state index is 12.1. The Balaban J connectivity index is 2.13. The number of nitrogens with one attached hydrogen (secondary N) is 1. The maximum atomic E-state index is 12.1. The van der Waals surface area contributed by atoms with Crippen molar-refractivity contribution >= 4 is 21.7 Å². The summed E-state index contributed by atoms with van der Waals surface area (Å²) in [7, 11) is -3.39. The number of benzene rings is 1. The zero-order valence-electron chi connectivity index (χ0n) is 12.4. The van der Waals surface area contributed by atoms with Crippen molar-refractivity contribution in [1.29, 1.82) is 0 Å². The van der Waals surface area contributed by atoms with Gasteiger partial charge in [0.2, 0.25) is 0 Å². The molecule has 1 aliphatic carbocycles. The van der Waals surface area contributed by atoms with Gasteiger partial charge < -0.3 is 10.4 Å². The zero-order valence-corrected chi connectivity index (χ0v) is 13.3. The molecule has 1 fully saturated rings. The molecule has 22 heavy (non-hydrogen) atoms. The Bertz CT molecular complexity index is 674. The lowest BCUT2D eigenvalue weighted by Gasteiger charge is -2.14. The normalized spacial score (nSPS) is 16.3. The largest absolute Gasteiger partial charge is 0.480 e. The minimum atomic E-state index is -3.39. The van der Waals surface area contributed by atoms with Gasteiger partial charge in [-0.1, -0.05) is 0 Å². The number of carboxylic acid groups (broad SMARTS) is 1. The third-order valence-electron chi connectivity index (χ3n) is 3.71. The van der Waals surface area contributed by atoms with Crippen LogP contribution < -0.4 is 5.32 Å². The molecule has 0 bridgehead atoms. The van der Waals surface area contributed by atoms with E-state index >= 15 is 0 Å². The van der Waals surface area contributed by atoms with Crippen molar-refractivity contribution in [3.63, 3.8) is 0 Å². The summed E-state index contributed by atoms with van der Waals surface area (Å²) in [5, 5.41) is 11.0. The van der Waals surface area contributed by atoms with Gasteiger partial charge in [0.15, 0.2) is 9.84 Å². The van der Waals surface area contributed by atoms with E-state index in [0.717, 1.165) is 12.8 Å². The van der Waals surface area contributed by atoms with Gasteiger partial charge in [0.25, 0.3) is 5.91 Å². The fraction of sp³-hybridized carbons (Fsp3) is 0.467. The van der Waals surface area contributed by atoms with Crippen LogP contribution in [0.25, 0.3) is 0 Å². The van der Waals surface area contributed by atoms with E-state index in [4.69, 9.17) is 5.11 Å². The first-order valence-electron chi connectivity index (χ1n) is 7.11. The minimum absolute atomic E-state index is 0.0120. The van der Waals surface area contributed by atoms with Gasteiger partial charge in [-0.2, -0.15) is 0 Å². The van der Waals surface area contributed by atoms with Gasteiger partial charge >= 0.3 is 5.97 Å². The molecule has 1 saturated carbocycles. The Morgan fingerprint density at radius 3 is 2.14 bits per heavy atom. The van der Waals surface area contributed by atoms with Crippen molar-refractivity contribution in [2.45, 2.75) is 42.9 Å². The first-order chi connectivity index (χ1) is 10.2. The summed E-state index contributed by atoms with van der Waals surface area (Å²) in [6.45, 7) is 3.17. The summed E-state index contributed by atoms with van der Waals surface area (Å²) in [6.07, 6.45) is 1.59. The fourth-order valence-electron chi connectivity index (χ4n) is 2.10. The van der Waals surface area contributed by atoms with Crippen LogP contribution in [-0.4, -0.2) is 36.7 Å². The van der Waals surface area contributed by atoms with Crippen LogP contribution in [0.5, 0.6) is 0 Å². The third-order valence-corrected chi connectivity index (χ3v) is 5.88. The molecule has 0 heterocycles. The van der Waals surface area contributed by atoms with E-state index in [2.05, 4.69) is 5.32 Å². The molecular formula is C15H19NO5S. The molecule has 0 spiro atoms. The van der Waals surface area contributed by atoms with Crippen molar-refractivity contribution in [3.8, 4) is 0 Å². The molecule has 2 rings (SSSR count). The van der Waals surface area contributed by atoms with E-state index < -0.39 is 33.0 Å². The van der Waals surface area contributed by atoms with E-state index in [1.54, 1.807) is 13.8 Å². The number of aliphatic carboxylic acids is 1. The summed E-state index contributed by atoms with van der Waals surface area (Å²) < 4.78 is 24.0. The lowest BCUT2D eigenvalue weighted by Crippen LogP contribution is -2.42.